The maximum atomic E-state index is 12.2. The molecule has 4 amide bonds. The highest BCUT2D eigenvalue weighted by atomic mass is 16.6. The smallest absolute Gasteiger partial charge is 0.409 e. The van der Waals surface area contributed by atoms with Gasteiger partial charge >= 0.3 is 12.1 Å². The molecule has 1 heterocycles. The van der Waals surface area contributed by atoms with Gasteiger partial charge in [-0.2, -0.15) is 0 Å². The molecular weight excluding hydrogens is 336 g/mol. The summed E-state index contributed by atoms with van der Waals surface area (Å²) < 4.78 is 4.97. The van der Waals surface area contributed by atoms with Crippen molar-refractivity contribution in [3.8, 4) is 0 Å². The van der Waals surface area contributed by atoms with Gasteiger partial charge in [0.2, 0.25) is 5.91 Å². The van der Waals surface area contributed by atoms with E-state index in [4.69, 9.17) is 4.74 Å². The summed E-state index contributed by atoms with van der Waals surface area (Å²) in [6.45, 7) is 4.72. The lowest BCUT2D eigenvalue weighted by atomic mass is 9.96. The molecule has 0 spiro atoms. The Bertz CT molecular complexity index is 472. The number of ether oxygens (including phenoxy) is 1. The lowest BCUT2D eigenvalue weighted by Gasteiger charge is -2.34. The molecule has 1 aliphatic carbocycles. The van der Waals surface area contributed by atoms with E-state index in [0.29, 0.717) is 58.2 Å². The third kappa shape index (κ3) is 6.72. The normalized spacial score (nSPS) is 18.3. The molecule has 2 fully saturated rings. The van der Waals surface area contributed by atoms with Crippen molar-refractivity contribution in [2.45, 2.75) is 57.9 Å². The summed E-state index contributed by atoms with van der Waals surface area (Å²) in [6, 6.07) is 0.161. The summed E-state index contributed by atoms with van der Waals surface area (Å²) in [5, 5.41) is 5.84. The third-order valence-electron chi connectivity index (χ3n) is 4.95. The van der Waals surface area contributed by atoms with Crippen LogP contribution in [0.2, 0.25) is 0 Å². The fourth-order valence-electron chi connectivity index (χ4n) is 3.44. The summed E-state index contributed by atoms with van der Waals surface area (Å²) in [4.78, 5) is 39.1. The molecule has 26 heavy (non-hydrogen) atoms. The van der Waals surface area contributed by atoms with Crippen molar-refractivity contribution in [2.24, 2.45) is 0 Å². The molecule has 148 valence electrons. The maximum absolute atomic E-state index is 12.2. The van der Waals surface area contributed by atoms with Crippen LogP contribution in [0.25, 0.3) is 0 Å². The zero-order valence-electron chi connectivity index (χ0n) is 15.8. The predicted octanol–water partition coefficient (Wildman–Crippen LogP) is 1.70. The van der Waals surface area contributed by atoms with Gasteiger partial charge in [-0.1, -0.05) is 19.3 Å². The van der Waals surface area contributed by atoms with E-state index in [9.17, 15) is 14.4 Å². The van der Waals surface area contributed by atoms with Crippen molar-refractivity contribution in [3.05, 3.63) is 0 Å². The second kappa shape index (κ2) is 10.9. The first-order valence-electron chi connectivity index (χ1n) is 9.84. The SMILES string of the molecule is CCOC(=O)N1CCN(C(=O)CCCNC(=O)NC2CCCCC2)CC1. The fraction of sp³-hybridized carbons (Fsp3) is 0.833. The van der Waals surface area contributed by atoms with Gasteiger partial charge < -0.3 is 25.2 Å². The van der Waals surface area contributed by atoms with Gasteiger partial charge in [0.1, 0.15) is 0 Å². The molecule has 1 aliphatic heterocycles. The molecule has 1 saturated heterocycles. The topological polar surface area (TPSA) is 91.0 Å². The summed E-state index contributed by atoms with van der Waals surface area (Å²) in [6.07, 6.45) is 6.46. The van der Waals surface area contributed by atoms with Gasteiger partial charge in [-0.15, -0.1) is 0 Å². The molecule has 0 radical (unpaired) electrons. The number of hydrogen-bond acceptors (Lipinski definition) is 4. The minimum Gasteiger partial charge on any atom is -0.450 e. The number of rotatable bonds is 6. The second-order valence-corrected chi connectivity index (χ2v) is 6.91. The Balaban J connectivity index is 1.55. The molecule has 2 aliphatic rings. The van der Waals surface area contributed by atoms with E-state index in [2.05, 4.69) is 10.6 Å². The molecule has 1 saturated carbocycles. The Morgan fingerprint density at radius 1 is 1.00 bits per heavy atom. The van der Waals surface area contributed by atoms with E-state index >= 15 is 0 Å². The molecule has 2 rings (SSSR count). The van der Waals surface area contributed by atoms with Gasteiger partial charge in [-0.3, -0.25) is 4.79 Å². The van der Waals surface area contributed by atoms with Crippen LogP contribution < -0.4 is 10.6 Å². The van der Waals surface area contributed by atoms with Crippen molar-refractivity contribution >= 4 is 18.0 Å². The van der Waals surface area contributed by atoms with Crippen LogP contribution in [0.1, 0.15) is 51.9 Å². The van der Waals surface area contributed by atoms with Crippen LogP contribution in [0.5, 0.6) is 0 Å². The van der Waals surface area contributed by atoms with Crippen LogP contribution in [0.4, 0.5) is 9.59 Å². The molecule has 2 N–H and O–H groups in total. The lowest BCUT2D eigenvalue weighted by Crippen LogP contribution is -2.50. The number of nitrogens with zero attached hydrogens (tertiary/aromatic N) is 2. The first-order chi connectivity index (χ1) is 12.6. The highest BCUT2D eigenvalue weighted by molar-refractivity contribution is 5.77. The van der Waals surface area contributed by atoms with Gasteiger partial charge in [-0.05, 0) is 26.2 Å². The number of amides is 4. The van der Waals surface area contributed by atoms with Gasteiger partial charge in [0.15, 0.2) is 0 Å². The largest absolute Gasteiger partial charge is 0.450 e. The minimum absolute atomic E-state index is 0.0722. The van der Waals surface area contributed by atoms with E-state index in [0.717, 1.165) is 12.8 Å². The highest BCUT2D eigenvalue weighted by Gasteiger charge is 2.24. The molecular formula is C18H32N4O4. The van der Waals surface area contributed by atoms with Crippen LogP contribution in [-0.4, -0.2) is 73.2 Å². The fourth-order valence-corrected chi connectivity index (χ4v) is 3.44. The Morgan fingerprint density at radius 2 is 1.65 bits per heavy atom. The van der Waals surface area contributed by atoms with Crippen molar-refractivity contribution in [1.29, 1.82) is 0 Å². The van der Waals surface area contributed by atoms with Crippen LogP contribution >= 0.6 is 0 Å². The summed E-state index contributed by atoms with van der Waals surface area (Å²) in [5.41, 5.74) is 0. The number of hydrogen-bond donors (Lipinski definition) is 2. The Morgan fingerprint density at radius 3 is 2.31 bits per heavy atom. The van der Waals surface area contributed by atoms with Crippen molar-refractivity contribution in [1.82, 2.24) is 20.4 Å². The monoisotopic (exact) mass is 368 g/mol. The summed E-state index contributed by atoms with van der Waals surface area (Å²) in [7, 11) is 0. The van der Waals surface area contributed by atoms with Gasteiger partial charge in [0.05, 0.1) is 6.61 Å². The molecule has 0 aromatic rings. The number of urea groups is 1. The Hall–Kier alpha value is -1.99. The Labute approximate surface area is 155 Å². The van der Waals surface area contributed by atoms with Crippen molar-refractivity contribution in [2.75, 3.05) is 39.3 Å². The Kier molecular flexibility index (Phi) is 8.50. The number of piperazine rings is 1. The molecule has 8 nitrogen and oxygen atoms in total. The minimum atomic E-state index is -0.312. The average molecular weight is 368 g/mol. The van der Waals surface area contributed by atoms with Crippen LogP contribution in [0.3, 0.4) is 0 Å². The molecule has 0 aromatic carbocycles. The van der Waals surface area contributed by atoms with Crippen molar-refractivity contribution in [3.63, 3.8) is 0 Å². The number of nitrogens with one attached hydrogen (secondary N) is 2. The zero-order valence-corrected chi connectivity index (χ0v) is 15.8. The van der Waals surface area contributed by atoms with E-state index < -0.39 is 0 Å². The van der Waals surface area contributed by atoms with E-state index in [-0.39, 0.29) is 18.0 Å². The van der Waals surface area contributed by atoms with Gasteiger partial charge in [0, 0.05) is 45.2 Å². The molecule has 0 aromatic heterocycles. The average Bonchev–Trinajstić information content (AvgIpc) is 2.66. The predicted molar refractivity (Wildman–Crippen MR) is 97.8 cm³/mol. The first-order valence-corrected chi connectivity index (χ1v) is 9.84. The summed E-state index contributed by atoms with van der Waals surface area (Å²) >= 11 is 0. The van der Waals surface area contributed by atoms with Crippen LogP contribution in [0, 0.1) is 0 Å². The van der Waals surface area contributed by atoms with E-state index in [1.54, 1.807) is 16.7 Å². The van der Waals surface area contributed by atoms with Crippen molar-refractivity contribution < 1.29 is 19.1 Å². The summed E-state index contributed by atoms with van der Waals surface area (Å²) in [5.74, 6) is 0.0722. The first kappa shape index (κ1) is 20.3. The number of carbonyl (C=O) groups excluding carboxylic acids is 3. The maximum Gasteiger partial charge on any atom is 0.409 e. The molecule has 0 unspecified atom stereocenters. The highest BCUT2D eigenvalue weighted by Crippen LogP contribution is 2.17. The van der Waals surface area contributed by atoms with E-state index in [1.807, 2.05) is 0 Å². The van der Waals surface area contributed by atoms with Crippen LogP contribution in [0.15, 0.2) is 0 Å². The molecule has 0 bridgehead atoms. The van der Waals surface area contributed by atoms with Crippen LogP contribution in [-0.2, 0) is 9.53 Å². The molecule has 8 heteroatoms. The quantitative estimate of drug-likeness (QED) is 0.698. The lowest BCUT2D eigenvalue weighted by molar-refractivity contribution is -0.132. The molecule has 0 atom stereocenters. The van der Waals surface area contributed by atoms with E-state index in [1.165, 1.54) is 19.3 Å². The third-order valence-corrected chi connectivity index (χ3v) is 4.95. The second-order valence-electron chi connectivity index (χ2n) is 6.91. The van der Waals surface area contributed by atoms with Gasteiger partial charge in [-0.25, -0.2) is 9.59 Å². The van der Waals surface area contributed by atoms with Gasteiger partial charge in [0.25, 0.3) is 0 Å². The number of carbonyl (C=O) groups is 3. The zero-order chi connectivity index (χ0) is 18.8. The standard InChI is InChI=1S/C18H32N4O4/c1-2-26-18(25)22-13-11-21(12-14-22)16(23)9-6-10-19-17(24)20-15-7-4-3-5-8-15/h15H,2-14H2,1H3,(H2,19,20,24).